The van der Waals surface area contributed by atoms with Crippen LogP contribution in [0.25, 0.3) is 0 Å². The molecule has 8 nitrogen and oxygen atoms in total. The summed E-state index contributed by atoms with van der Waals surface area (Å²) in [5.74, 6) is 0.854. The molecule has 2 rings (SSSR count). The van der Waals surface area contributed by atoms with Crippen molar-refractivity contribution >= 4 is 29.8 Å². The Labute approximate surface area is 134 Å². The van der Waals surface area contributed by atoms with E-state index in [0.29, 0.717) is 23.6 Å². The topological polar surface area (TPSA) is 107 Å². The van der Waals surface area contributed by atoms with E-state index in [1.165, 1.54) is 26.8 Å². The van der Waals surface area contributed by atoms with Crippen LogP contribution in [0.15, 0.2) is 40.9 Å². The molecule has 2 aromatic rings. The standard InChI is InChI=1S/C15H18N6O2/c1-22-19-7-6-11-4-3-5-12(8-11)21-15-13(9-20-23-2)14(16)17-10-18-15/h3-5,7-10H,6H2,1-2H3,(H3,16,17,18,21). The zero-order valence-electron chi connectivity index (χ0n) is 12.9. The zero-order valence-corrected chi connectivity index (χ0v) is 12.9. The van der Waals surface area contributed by atoms with Crippen LogP contribution in [-0.2, 0) is 16.1 Å². The maximum atomic E-state index is 5.86. The van der Waals surface area contributed by atoms with Crippen molar-refractivity contribution in [2.24, 2.45) is 10.3 Å². The highest BCUT2D eigenvalue weighted by molar-refractivity contribution is 5.92. The number of benzene rings is 1. The molecular weight excluding hydrogens is 296 g/mol. The Bertz CT molecular complexity index is 702. The van der Waals surface area contributed by atoms with Crippen molar-refractivity contribution in [2.75, 3.05) is 25.3 Å². The minimum absolute atomic E-state index is 0.312. The maximum Gasteiger partial charge on any atom is 0.144 e. The van der Waals surface area contributed by atoms with E-state index in [1.54, 1.807) is 6.21 Å². The molecule has 0 saturated carbocycles. The summed E-state index contributed by atoms with van der Waals surface area (Å²) in [7, 11) is 2.96. The molecule has 0 amide bonds. The van der Waals surface area contributed by atoms with E-state index in [4.69, 9.17) is 5.73 Å². The fraction of sp³-hybridized carbons (Fsp3) is 0.200. The molecule has 0 spiro atoms. The Morgan fingerprint density at radius 3 is 2.83 bits per heavy atom. The largest absolute Gasteiger partial charge is 0.399 e. The lowest BCUT2D eigenvalue weighted by Crippen LogP contribution is -2.05. The normalized spacial score (nSPS) is 11.0. The Morgan fingerprint density at radius 2 is 2.04 bits per heavy atom. The van der Waals surface area contributed by atoms with E-state index in [9.17, 15) is 0 Å². The van der Waals surface area contributed by atoms with Crippen LogP contribution in [0.5, 0.6) is 0 Å². The van der Waals surface area contributed by atoms with Crippen LogP contribution in [0.4, 0.5) is 17.3 Å². The Hall–Kier alpha value is -3.16. The number of nitrogens with two attached hydrogens (primary N) is 1. The van der Waals surface area contributed by atoms with E-state index < -0.39 is 0 Å². The molecule has 0 saturated heterocycles. The number of oxime groups is 2. The summed E-state index contributed by atoms with van der Waals surface area (Å²) in [5.41, 5.74) is 8.35. The van der Waals surface area contributed by atoms with Gasteiger partial charge in [-0.1, -0.05) is 22.4 Å². The highest BCUT2D eigenvalue weighted by Gasteiger charge is 2.08. The number of hydrogen-bond acceptors (Lipinski definition) is 8. The summed E-state index contributed by atoms with van der Waals surface area (Å²) in [6.07, 6.45) is 5.20. The van der Waals surface area contributed by atoms with Crippen molar-refractivity contribution < 1.29 is 9.68 Å². The molecule has 0 fully saturated rings. The van der Waals surface area contributed by atoms with Gasteiger partial charge < -0.3 is 20.7 Å². The smallest absolute Gasteiger partial charge is 0.144 e. The number of hydrogen-bond donors (Lipinski definition) is 2. The Balaban J connectivity index is 2.22. The van der Waals surface area contributed by atoms with Gasteiger partial charge in [0.15, 0.2) is 0 Å². The second-order valence-corrected chi connectivity index (χ2v) is 4.44. The number of rotatable bonds is 7. The number of nitrogen functional groups attached to an aromatic ring is 1. The third-order valence-electron chi connectivity index (χ3n) is 2.90. The summed E-state index contributed by atoms with van der Waals surface area (Å²) >= 11 is 0. The van der Waals surface area contributed by atoms with Gasteiger partial charge in [-0.2, -0.15) is 0 Å². The second kappa shape index (κ2) is 8.32. The summed E-state index contributed by atoms with van der Waals surface area (Å²) in [6.45, 7) is 0. The molecule has 0 aliphatic heterocycles. The van der Waals surface area contributed by atoms with Gasteiger partial charge in [-0.15, -0.1) is 0 Å². The molecule has 0 bridgehead atoms. The first-order valence-corrected chi connectivity index (χ1v) is 6.82. The van der Waals surface area contributed by atoms with Crippen LogP contribution in [0, 0.1) is 0 Å². The number of nitrogens with zero attached hydrogens (tertiary/aromatic N) is 4. The van der Waals surface area contributed by atoms with Crippen LogP contribution in [0.3, 0.4) is 0 Å². The highest BCUT2D eigenvalue weighted by atomic mass is 16.6. The molecule has 1 aromatic carbocycles. The zero-order chi connectivity index (χ0) is 16.5. The lowest BCUT2D eigenvalue weighted by atomic mass is 10.1. The average Bonchev–Trinajstić information content (AvgIpc) is 2.55. The monoisotopic (exact) mass is 314 g/mol. The third kappa shape index (κ3) is 4.67. The third-order valence-corrected chi connectivity index (χ3v) is 2.90. The van der Waals surface area contributed by atoms with E-state index in [1.807, 2.05) is 24.3 Å². The SMILES string of the molecule is CON=CCc1cccc(Nc2ncnc(N)c2C=NOC)c1. The molecule has 0 unspecified atom stereocenters. The van der Waals surface area contributed by atoms with Crippen molar-refractivity contribution in [2.45, 2.75) is 6.42 Å². The Kier molecular flexibility index (Phi) is 5.87. The molecule has 23 heavy (non-hydrogen) atoms. The van der Waals surface area contributed by atoms with Crippen molar-refractivity contribution in [3.05, 3.63) is 41.7 Å². The molecule has 8 heteroatoms. The molecule has 0 aliphatic rings. The van der Waals surface area contributed by atoms with Crippen LogP contribution in [0.1, 0.15) is 11.1 Å². The second-order valence-electron chi connectivity index (χ2n) is 4.44. The van der Waals surface area contributed by atoms with Gasteiger partial charge in [0, 0.05) is 18.3 Å². The quantitative estimate of drug-likeness (QED) is 0.597. The molecular formula is C15H18N6O2. The summed E-state index contributed by atoms with van der Waals surface area (Å²) < 4.78 is 0. The van der Waals surface area contributed by atoms with Crippen molar-refractivity contribution in [3.8, 4) is 0 Å². The van der Waals surface area contributed by atoms with Gasteiger partial charge in [0.05, 0.1) is 11.8 Å². The molecule has 3 N–H and O–H groups in total. The number of aromatic nitrogens is 2. The van der Waals surface area contributed by atoms with Gasteiger partial charge in [0.1, 0.15) is 32.2 Å². The summed E-state index contributed by atoms with van der Waals surface area (Å²) in [5, 5.41) is 10.6. The van der Waals surface area contributed by atoms with Crippen LogP contribution < -0.4 is 11.1 Å². The summed E-state index contributed by atoms with van der Waals surface area (Å²) in [4.78, 5) is 17.5. The first-order valence-electron chi connectivity index (χ1n) is 6.82. The molecule has 1 heterocycles. The molecule has 0 radical (unpaired) electrons. The Morgan fingerprint density at radius 1 is 1.22 bits per heavy atom. The number of nitrogens with one attached hydrogen (secondary N) is 1. The van der Waals surface area contributed by atoms with Gasteiger partial charge in [0.2, 0.25) is 0 Å². The average molecular weight is 314 g/mol. The molecule has 0 atom stereocenters. The van der Waals surface area contributed by atoms with Crippen LogP contribution >= 0.6 is 0 Å². The fourth-order valence-electron chi connectivity index (χ4n) is 1.87. The van der Waals surface area contributed by atoms with Crippen molar-refractivity contribution in [1.29, 1.82) is 0 Å². The lowest BCUT2D eigenvalue weighted by molar-refractivity contribution is 0.215. The van der Waals surface area contributed by atoms with Crippen molar-refractivity contribution in [3.63, 3.8) is 0 Å². The van der Waals surface area contributed by atoms with E-state index in [-0.39, 0.29) is 0 Å². The molecule has 120 valence electrons. The predicted molar refractivity (Wildman–Crippen MR) is 90.0 cm³/mol. The number of anilines is 3. The van der Waals surface area contributed by atoms with Crippen LogP contribution in [0.2, 0.25) is 0 Å². The van der Waals surface area contributed by atoms with Gasteiger partial charge >= 0.3 is 0 Å². The van der Waals surface area contributed by atoms with Gasteiger partial charge in [-0.3, -0.25) is 0 Å². The summed E-state index contributed by atoms with van der Waals surface area (Å²) in [6, 6.07) is 7.84. The molecule has 0 aliphatic carbocycles. The van der Waals surface area contributed by atoms with E-state index in [2.05, 4.69) is 35.3 Å². The van der Waals surface area contributed by atoms with Crippen molar-refractivity contribution in [1.82, 2.24) is 9.97 Å². The van der Waals surface area contributed by atoms with Crippen LogP contribution in [-0.4, -0.2) is 36.6 Å². The predicted octanol–water partition coefficient (Wildman–Crippen LogP) is 1.96. The lowest BCUT2D eigenvalue weighted by Gasteiger charge is -2.10. The van der Waals surface area contributed by atoms with E-state index >= 15 is 0 Å². The van der Waals surface area contributed by atoms with E-state index in [0.717, 1.165) is 11.3 Å². The molecule has 1 aromatic heterocycles. The first kappa shape index (κ1) is 16.2. The minimum Gasteiger partial charge on any atom is -0.399 e. The maximum absolute atomic E-state index is 5.86. The fourth-order valence-corrected chi connectivity index (χ4v) is 1.87. The first-order chi connectivity index (χ1) is 11.2. The minimum atomic E-state index is 0.312. The van der Waals surface area contributed by atoms with Gasteiger partial charge in [-0.25, -0.2) is 9.97 Å². The van der Waals surface area contributed by atoms with Gasteiger partial charge in [-0.05, 0) is 17.7 Å². The highest BCUT2D eigenvalue weighted by Crippen LogP contribution is 2.21. The van der Waals surface area contributed by atoms with Gasteiger partial charge in [0.25, 0.3) is 0 Å².